The Morgan fingerprint density at radius 1 is 1.33 bits per heavy atom. The van der Waals surface area contributed by atoms with Crippen molar-refractivity contribution < 1.29 is 41.0 Å². The van der Waals surface area contributed by atoms with Crippen LogP contribution < -0.4 is 10.1 Å². The van der Waals surface area contributed by atoms with Crippen LogP contribution in [0.2, 0.25) is 0 Å². The van der Waals surface area contributed by atoms with Gasteiger partial charge >= 0.3 is 18.3 Å². The van der Waals surface area contributed by atoms with E-state index in [1.54, 1.807) is 0 Å². The standard InChI is InChI=1S/C13H14F6N2O3/c1-6(22)9-7(3-4-20-11(23)13(17,18)19)5-8(12(14,15)16)10(21-9)24-2/h5-6,22H,3-4H2,1-2H3,(H,20,23). The predicted octanol–water partition coefficient (Wildman–Crippen LogP) is 2.38. The zero-order valence-electron chi connectivity index (χ0n) is 12.5. The fraction of sp³-hybridized carbons (Fsp3) is 0.538. The number of rotatable bonds is 5. The Kier molecular flexibility index (Phi) is 6.04. The van der Waals surface area contributed by atoms with E-state index in [1.807, 2.05) is 0 Å². The van der Waals surface area contributed by atoms with Crippen LogP contribution in [0.4, 0.5) is 26.3 Å². The van der Waals surface area contributed by atoms with E-state index in [0.29, 0.717) is 6.07 Å². The van der Waals surface area contributed by atoms with Gasteiger partial charge in [0.15, 0.2) is 0 Å². The van der Waals surface area contributed by atoms with Crippen LogP contribution in [0.5, 0.6) is 5.88 Å². The van der Waals surface area contributed by atoms with Gasteiger partial charge in [-0.3, -0.25) is 4.79 Å². The molecule has 0 saturated heterocycles. The number of halogens is 6. The van der Waals surface area contributed by atoms with E-state index in [2.05, 4.69) is 9.72 Å². The number of hydrogen-bond acceptors (Lipinski definition) is 4. The molecule has 1 amide bonds. The van der Waals surface area contributed by atoms with Gasteiger partial charge in [-0.25, -0.2) is 4.98 Å². The Morgan fingerprint density at radius 3 is 2.33 bits per heavy atom. The number of nitrogens with zero attached hydrogens (tertiary/aromatic N) is 1. The number of ether oxygens (including phenoxy) is 1. The molecule has 11 heteroatoms. The molecule has 1 atom stereocenters. The lowest BCUT2D eigenvalue weighted by Crippen LogP contribution is -2.37. The second-order valence-electron chi connectivity index (χ2n) is 4.77. The lowest BCUT2D eigenvalue weighted by Gasteiger charge is -2.18. The highest BCUT2D eigenvalue weighted by Gasteiger charge is 2.39. The Hall–Kier alpha value is -2.04. The monoisotopic (exact) mass is 360 g/mol. The Balaban J connectivity index is 3.10. The van der Waals surface area contributed by atoms with E-state index in [-0.39, 0.29) is 17.7 Å². The summed E-state index contributed by atoms with van der Waals surface area (Å²) in [6, 6.07) is 0.633. The summed E-state index contributed by atoms with van der Waals surface area (Å²) in [5, 5.41) is 11.1. The molecule has 136 valence electrons. The second-order valence-corrected chi connectivity index (χ2v) is 4.77. The largest absolute Gasteiger partial charge is 0.481 e. The lowest BCUT2D eigenvalue weighted by molar-refractivity contribution is -0.173. The van der Waals surface area contributed by atoms with Crippen molar-refractivity contribution in [2.24, 2.45) is 0 Å². The number of aromatic nitrogens is 1. The number of alkyl halides is 6. The molecule has 1 rings (SSSR count). The van der Waals surface area contributed by atoms with Crippen molar-refractivity contribution in [3.8, 4) is 5.88 Å². The van der Waals surface area contributed by atoms with E-state index >= 15 is 0 Å². The third-order valence-electron chi connectivity index (χ3n) is 2.93. The number of carbonyl (C=O) groups excluding carboxylic acids is 1. The SMILES string of the molecule is COc1nc(C(C)O)c(CCNC(=O)C(F)(F)F)cc1C(F)(F)F. The number of aliphatic hydroxyl groups is 1. The van der Waals surface area contributed by atoms with Gasteiger partial charge in [0.25, 0.3) is 0 Å². The summed E-state index contributed by atoms with van der Waals surface area (Å²) in [4.78, 5) is 14.3. The molecular weight excluding hydrogens is 346 g/mol. The van der Waals surface area contributed by atoms with Crippen molar-refractivity contribution in [3.05, 3.63) is 22.9 Å². The van der Waals surface area contributed by atoms with Gasteiger partial charge in [-0.15, -0.1) is 0 Å². The minimum atomic E-state index is -5.09. The first-order valence-corrected chi connectivity index (χ1v) is 6.56. The van der Waals surface area contributed by atoms with Crippen LogP contribution in [-0.4, -0.2) is 35.8 Å². The number of carbonyl (C=O) groups is 1. The maximum Gasteiger partial charge on any atom is 0.471 e. The minimum Gasteiger partial charge on any atom is -0.481 e. The van der Waals surface area contributed by atoms with Crippen LogP contribution in [-0.2, 0) is 17.4 Å². The summed E-state index contributed by atoms with van der Waals surface area (Å²) in [5.74, 6) is -2.97. The lowest BCUT2D eigenvalue weighted by atomic mass is 10.0. The zero-order chi connectivity index (χ0) is 18.7. The first kappa shape index (κ1) is 20.0. The third kappa shape index (κ3) is 4.98. The number of amides is 1. The van der Waals surface area contributed by atoms with Crippen molar-refractivity contribution >= 4 is 5.91 Å². The number of hydrogen-bond donors (Lipinski definition) is 2. The fourth-order valence-corrected chi connectivity index (χ4v) is 1.88. The van der Waals surface area contributed by atoms with Crippen LogP contribution >= 0.6 is 0 Å². The van der Waals surface area contributed by atoms with Crippen molar-refractivity contribution in [1.82, 2.24) is 10.3 Å². The van der Waals surface area contributed by atoms with Crippen molar-refractivity contribution in [2.75, 3.05) is 13.7 Å². The van der Waals surface area contributed by atoms with Gasteiger partial charge in [-0.1, -0.05) is 0 Å². The molecule has 0 saturated carbocycles. The average Bonchev–Trinajstić information content (AvgIpc) is 2.44. The molecule has 5 nitrogen and oxygen atoms in total. The number of aliphatic hydroxyl groups excluding tert-OH is 1. The molecule has 1 aromatic rings. The maximum atomic E-state index is 13.0. The highest BCUT2D eigenvalue weighted by atomic mass is 19.4. The van der Waals surface area contributed by atoms with Crippen molar-refractivity contribution in [1.29, 1.82) is 0 Å². The van der Waals surface area contributed by atoms with Gasteiger partial charge in [0, 0.05) is 6.54 Å². The minimum absolute atomic E-state index is 0.152. The van der Waals surface area contributed by atoms with Crippen LogP contribution in [0.15, 0.2) is 6.07 Å². The molecule has 1 unspecified atom stereocenters. The summed E-state index contributed by atoms with van der Waals surface area (Å²) in [6.07, 6.45) is -11.6. The average molecular weight is 360 g/mol. The van der Waals surface area contributed by atoms with E-state index in [4.69, 9.17) is 0 Å². The van der Waals surface area contributed by atoms with Crippen LogP contribution in [0.1, 0.15) is 29.8 Å². The first-order valence-electron chi connectivity index (χ1n) is 6.56. The van der Waals surface area contributed by atoms with Crippen molar-refractivity contribution in [2.45, 2.75) is 31.8 Å². The topological polar surface area (TPSA) is 71.5 Å². The van der Waals surface area contributed by atoms with Crippen LogP contribution in [0.3, 0.4) is 0 Å². The summed E-state index contributed by atoms with van der Waals surface area (Å²) in [5.41, 5.74) is -1.56. The third-order valence-corrected chi connectivity index (χ3v) is 2.93. The van der Waals surface area contributed by atoms with E-state index in [1.165, 1.54) is 12.2 Å². The molecule has 24 heavy (non-hydrogen) atoms. The summed E-state index contributed by atoms with van der Waals surface area (Å²) in [6.45, 7) is 0.649. The fourth-order valence-electron chi connectivity index (χ4n) is 1.88. The highest BCUT2D eigenvalue weighted by molar-refractivity contribution is 5.81. The summed E-state index contributed by atoms with van der Waals surface area (Å²) >= 11 is 0. The smallest absolute Gasteiger partial charge is 0.471 e. The Labute approximate surface area is 132 Å². The van der Waals surface area contributed by atoms with Gasteiger partial charge < -0.3 is 15.2 Å². The van der Waals surface area contributed by atoms with Crippen molar-refractivity contribution in [3.63, 3.8) is 0 Å². The molecule has 0 aromatic carbocycles. The second kappa shape index (κ2) is 7.24. The molecule has 0 aliphatic rings. The normalized spacial score (nSPS) is 13.5. The van der Waals surface area contributed by atoms with E-state index in [0.717, 1.165) is 7.11 Å². The molecular formula is C13H14F6N2O3. The molecule has 1 heterocycles. The molecule has 0 bridgehead atoms. The highest BCUT2D eigenvalue weighted by Crippen LogP contribution is 2.37. The molecule has 0 radical (unpaired) electrons. The van der Waals surface area contributed by atoms with Gasteiger partial charge in [-0.05, 0) is 25.0 Å². The Morgan fingerprint density at radius 2 is 1.92 bits per heavy atom. The quantitative estimate of drug-likeness (QED) is 0.791. The number of nitrogens with one attached hydrogen (secondary N) is 1. The molecule has 0 aliphatic heterocycles. The number of pyridine rings is 1. The van der Waals surface area contributed by atoms with Gasteiger partial charge in [0.2, 0.25) is 5.88 Å². The van der Waals surface area contributed by atoms with E-state index in [9.17, 15) is 36.2 Å². The van der Waals surface area contributed by atoms with Gasteiger partial charge in [-0.2, -0.15) is 26.3 Å². The van der Waals surface area contributed by atoms with Gasteiger partial charge in [0.05, 0.1) is 18.9 Å². The molecule has 1 aromatic heterocycles. The molecule has 0 aliphatic carbocycles. The zero-order valence-corrected chi connectivity index (χ0v) is 12.5. The first-order chi connectivity index (χ1) is 10.9. The number of methoxy groups -OCH3 is 1. The predicted molar refractivity (Wildman–Crippen MR) is 69.2 cm³/mol. The van der Waals surface area contributed by atoms with Crippen LogP contribution in [0, 0.1) is 0 Å². The van der Waals surface area contributed by atoms with E-state index < -0.39 is 42.4 Å². The molecule has 0 fully saturated rings. The molecule has 2 N–H and O–H groups in total. The van der Waals surface area contributed by atoms with Crippen LogP contribution in [0.25, 0.3) is 0 Å². The summed E-state index contributed by atoms with van der Waals surface area (Å²) < 4.78 is 79.6. The maximum absolute atomic E-state index is 13.0. The summed E-state index contributed by atoms with van der Waals surface area (Å²) in [7, 11) is 0.965. The molecule has 0 spiro atoms. The van der Waals surface area contributed by atoms with Gasteiger partial charge in [0.1, 0.15) is 5.56 Å². The Bertz CT molecular complexity index is 599.